The number of carbonyl (C=O) groups is 4. The molecule has 0 radical (unpaired) electrons. The van der Waals surface area contributed by atoms with E-state index in [9.17, 15) is 24.3 Å². The number of carbonyl (C=O) groups excluding carboxylic acids is 3. The van der Waals surface area contributed by atoms with Crippen LogP contribution in [-0.2, 0) is 19.2 Å². The molecule has 0 aromatic heterocycles. The Kier molecular flexibility index (Phi) is 11.2. The summed E-state index contributed by atoms with van der Waals surface area (Å²) in [6.07, 6.45) is 3.54. The Morgan fingerprint density at radius 2 is 1.86 bits per heavy atom. The second kappa shape index (κ2) is 13.1. The molecule has 1 saturated heterocycles. The molecule has 0 aromatic rings. The number of hydrogen-bond acceptors (Lipinski definition) is 6. The molecule has 0 saturated carbocycles. The Bertz CT molecular complexity index is 563. The second-order valence-electron chi connectivity index (χ2n) is 7.80. The highest BCUT2D eigenvalue weighted by Crippen LogP contribution is 2.07. The summed E-state index contributed by atoms with van der Waals surface area (Å²) in [4.78, 5) is 48.2. The molecule has 29 heavy (non-hydrogen) atoms. The quantitative estimate of drug-likeness (QED) is 0.213. The first-order valence-corrected chi connectivity index (χ1v) is 10.3. The smallest absolute Gasteiger partial charge is 0.326 e. The van der Waals surface area contributed by atoms with Gasteiger partial charge in [0.25, 0.3) is 0 Å². The van der Waals surface area contributed by atoms with Gasteiger partial charge in [-0.15, -0.1) is 0 Å². The first-order valence-electron chi connectivity index (χ1n) is 10.3. The fourth-order valence-electron chi connectivity index (χ4n) is 3.17. The number of carboxylic acids is 1. The van der Waals surface area contributed by atoms with Crippen molar-refractivity contribution in [3.05, 3.63) is 0 Å². The predicted octanol–water partition coefficient (Wildman–Crippen LogP) is -0.916. The third-order valence-corrected chi connectivity index (χ3v) is 4.72. The average molecular weight is 414 g/mol. The van der Waals surface area contributed by atoms with Gasteiger partial charge >= 0.3 is 5.97 Å². The van der Waals surface area contributed by atoms with Gasteiger partial charge in [-0.3, -0.25) is 14.4 Å². The van der Waals surface area contributed by atoms with Crippen LogP contribution in [0, 0.1) is 5.92 Å². The van der Waals surface area contributed by atoms with Crippen LogP contribution < -0.4 is 27.0 Å². The van der Waals surface area contributed by atoms with E-state index in [-0.39, 0.29) is 30.8 Å². The molecular formula is C19H35N5O5. The molecule has 166 valence electrons. The summed E-state index contributed by atoms with van der Waals surface area (Å²) in [5.41, 5.74) is 5.49. The van der Waals surface area contributed by atoms with Crippen molar-refractivity contribution in [2.75, 3.05) is 19.6 Å². The van der Waals surface area contributed by atoms with Gasteiger partial charge in [0.05, 0.1) is 12.6 Å². The van der Waals surface area contributed by atoms with E-state index in [2.05, 4.69) is 21.3 Å². The van der Waals surface area contributed by atoms with Crippen molar-refractivity contribution in [3.63, 3.8) is 0 Å². The molecule has 1 fully saturated rings. The largest absolute Gasteiger partial charge is 0.480 e. The molecule has 10 nitrogen and oxygen atoms in total. The van der Waals surface area contributed by atoms with E-state index >= 15 is 0 Å². The van der Waals surface area contributed by atoms with Crippen LogP contribution in [0.5, 0.6) is 0 Å². The highest BCUT2D eigenvalue weighted by atomic mass is 16.4. The molecule has 1 aliphatic rings. The van der Waals surface area contributed by atoms with Gasteiger partial charge in [0.1, 0.15) is 12.1 Å². The first-order chi connectivity index (χ1) is 13.7. The Morgan fingerprint density at radius 1 is 1.14 bits per heavy atom. The van der Waals surface area contributed by atoms with Crippen LogP contribution in [-0.4, -0.2) is 66.6 Å². The third kappa shape index (κ3) is 9.71. The molecular weight excluding hydrogens is 378 g/mol. The molecule has 1 rings (SSSR count). The zero-order valence-electron chi connectivity index (χ0n) is 17.3. The van der Waals surface area contributed by atoms with E-state index < -0.39 is 29.9 Å². The van der Waals surface area contributed by atoms with Crippen molar-refractivity contribution in [3.8, 4) is 0 Å². The van der Waals surface area contributed by atoms with Crippen molar-refractivity contribution < 1.29 is 24.3 Å². The zero-order valence-corrected chi connectivity index (χ0v) is 17.3. The topological polar surface area (TPSA) is 163 Å². The first kappa shape index (κ1) is 24.8. The molecule has 3 unspecified atom stereocenters. The summed E-state index contributed by atoms with van der Waals surface area (Å²) >= 11 is 0. The number of nitrogens with one attached hydrogen (secondary N) is 4. The SMILES string of the molecule is CC(C)CC(NC(=O)C(CCCCN)NC(=O)CNC(=O)C1CCCN1)C(=O)O. The lowest BCUT2D eigenvalue weighted by molar-refractivity contribution is -0.142. The average Bonchev–Trinajstić information content (AvgIpc) is 3.19. The molecule has 10 heteroatoms. The molecule has 3 atom stereocenters. The van der Waals surface area contributed by atoms with Crippen molar-refractivity contribution >= 4 is 23.7 Å². The third-order valence-electron chi connectivity index (χ3n) is 4.72. The number of aliphatic carboxylic acids is 1. The van der Waals surface area contributed by atoms with Gasteiger partial charge in [-0.1, -0.05) is 13.8 Å². The number of carboxylic acid groups (broad SMARTS) is 1. The van der Waals surface area contributed by atoms with Gasteiger partial charge in [-0.05, 0) is 57.5 Å². The zero-order chi connectivity index (χ0) is 21.8. The minimum absolute atomic E-state index is 0.0843. The van der Waals surface area contributed by atoms with Gasteiger partial charge in [-0.25, -0.2) is 4.79 Å². The maximum atomic E-state index is 12.6. The lowest BCUT2D eigenvalue weighted by Gasteiger charge is -2.22. The van der Waals surface area contributed by atoms with Gasteiger partial charge in [0, 0.05) is 0 Å². The maximum Gasteiger partial charge on any atom is 0.326 e. The molecule has 7 N–H and O–H groups in total. The van der Waals surface area contributed by atoms with E-state index in [4.69, 9.17) is 5.73 Å². The molecule has 3 amide bonds. The summed E-state index contributed by atoms with van der Waals surface area (Å²) < 4.78 is 0. The summed E-state index contributed by atoms with van der Waals surface area (Å²) in [7, 11) is 0. The van der Waals surface area contributed by atoms with Crippen LogP contribution in [0.3, 0.4) is 0 Å². The van der Waals surface area contributed by atoms with Crippen LogP contribution in [0.2, 0.25) is 0 Å². The Balaban J connectivity index is 2.61. The normalized spacial score (nSPS) is 18.1. The minimum Gasteiger partial charge on any atom is -0.480 e. The molecule has 0 spiro atoms. The van der Waals surface area contributed by atoms with Crippen molar-refractivity contribution in [2.24, 2.45) is 11.7 Å². The summed E-state index contributed by atoms with van der Waals surface area (Å²) in [6.45, 7) is 4.72. The van der Waals surface area contributed by atoms with Crippen molar-refractivity contribution in [1.82, 2.24) is 21.3 Å². The van der Waals surface area contributed by atoms with Gasteiger partial charge in [-0.2, -0.15) is 0 Å². The van der Waals surface area contributed by atoms with E-state index in [1.54, 1.807) is 0 Å². The van der Waals surface area contributed by atoms with Gasteiger partial charge in [0.2, 0.25) is 17.7 Å². The lowest BCUT2D eigenvalue weighted by atomic mass is 10.0. The lowest BCUT2D eigenvalue weighted by Crippen LogP contribution is -2.53. The minimum atomic E-state index is -1.12. The van der Waals surface area contributed by atoms with E-state index in [0.29, 0.717) is 25.8 Å². The van der Waals surface area contributed by atoms with Crippen LogP contribution in [0.4, 0.5) is 0 Å². The van der Waals surface area contributed by atoms with Crippen LogP contribution in [0.15, 0.2) is 0 Å². The van der Waals surface area contributed by atoms with Gasteiger partial charge < -0.3 is 32.1 Å². The van der Waals surface area contributed by atoms with Crippen molar-refractivity contribution in [2.45, 2.75) is 70.5 Å². The van der Waals surface area contributed by atoms with Crippen LogP contribution in [0.25, 0.3) is 0 Å². The van der Waals surface area contributed by atoms with Gasteiger partial charge in [0.15, 0.2) is 0 Å². The number of unbranched alkanes of at least 4 members (excludes halogenated alkanes) is 1. The van der Waals surface area contributed by atoms with E-state index in [0.717, 1.165) is 19.4 Å². The fourth-order valence-corrected chi connectivity index (χ4v) is 3.17. The highest BCUT2D eigenvalue weighted by molar-refractivity contribution is 5.92. The maximum absolute atomic E-state index is 12.6. The number of amides is 3. The number of nitrogens with two attached hydrogens (primary N) is 1. The highest BCUT2D eigenvalue weighted by Gasteiger charge is 2.27. The van der Waals surface area contributed by atoms with Crippen molar-refractivity contribution in [1.29, 1.82) is 0 Å². The Labute approximate surface area is 171 Å². The van der Waals surface area contributed by atoms with Crippen LogP contribution in [0.1, 0.15) is 52.4 Å². The van der Waals surface area contributed by atoms with Crippen LogP contribution >= 0.6 is 0 Å². The molecule has 0 aliphatic carbocycles. The summed E-state index contributed by atoms with van der Waals surface area (Å²) in [6, 6.07) is -2.20. The molecule has 1 aliphatic heterocycles. The monoisotopic (exact) mass is 413 g/mol. The number of rotatable bonds is 13. The molecule has 1 heterocycles. The Morgan fingerprint density at radius 3 is 2.41 bits per heavy atom. The standard InChI is InChI=1S/C19H35N5O5/c1-12(2)10-15(19(28)29)24-18(27)14(6-3-4-8-20)23-16(25)11-22-17(26)13-7-5-9-21-13/h12-15,21H,3-11,20H2,1-2H3,(H,22,26)(H,23,25)(H,24,27)(H,28,29). The second-order valence-corrected chi connectivity index (χ2v) is 7.80. The summed E-state index contributed by atoms with van der Waals surface area (Å²) in [5, 5.41) is 20.0. The van der Waals surface area contributed by atoms with E-state index in [1.807, 2.05) is 13.8 Å². The molecule has 0 bridgehead atoms. The fraction of sp³-hybridized carbons (Fsp3) is 0.789. The number of hydrogen-bond donors (Lipinski definition) is 6. The predicted molar refractivity (Wildman–Crippen MR) is 108 cm³/mol. The summed E-state index contributed by atoms with van der Waals surface area (Å²) in [5.74, 6) is -2.33. The Hall–Kier alpha value is -2.20. The van der Waals surface area contributed by atoms with E-state index in [1.165, 1.54) is 0 Å². The molecule has 0 aromatic carbocycles.